The zero-order valence-corrected chi connectivity index (χ0v) is 25.5. The van der Waals surface area contributed by atoms with Crippen LogP contribution < -0.4 is 10.6 Å². The third kappa shape index (κ3) is 8.33. The molecule has 5 atom stereocenters. The van der Waals surface area contributed by atoms with Crippen molar-refractivity contribution in [1.29, 1.82) is 0 Å². The predicted molar refractivity (Wildman–Crippen MR) is 158 cm³/mol. The monoisotopic (exact) mass is 661 g/mol. The van der Waals surface area contributed by atoms with Crippen LogP contribution in [0.2, 0.25) is 0 Å². The van der Waals surface area contributed by atoms with Gasteiger partial charge < -0.3 is 35.8 Å². The van der Waals surface area contributed by atoms with Crippen molar-refractivity contribution in [2.75, 3.05) is 0 Å². The predicted octanol–water partition coefficient (Wildman–Crippen LogP) is 1.67. The molecule has 0 unspecified atom stereocenters. The van der Waals surface area contributed by atoms with Crippen LogP contribution in [0.25, 0.3) is 11.1 Å². The molecule has 47 heavy (non-hydrogen) atoms. The Morgan fingerprint density at radius 1 is 1.02 bits per heavy atom. The van der Waals surface area contributed by atoms with E-state index in [9.17, 15) is 48.0 Å². The average Bonchev–Trinajstić information content (AvgIpc) is 3.50. The molecule has 16 heteroatoms. The van der Waals surface area contributed by atoms with Gasteiger partial charge in [-0.2, -0.15) is 13.2 Å². The standard InChI is InChI=1S/C31H34F3N5O8/c1-4-16-5-7-17(8-6-16)18-9-11-19(12-10-18)27(43)36-30(2,3)23-15-39(38-37-23)14-21(41)25(42)26-24(35-29(46)31(32,33)34)20(40)13-22(47-26)28(44)45/h5-13,15,20-21,24-26,40-42H,4,14H2,1-3H3,(H,35,46)(H,36,43)(H,44,45)/t20-,21+,24+,25+,26-/m0/s1. The molecule has 0 aliphatic carbocycles. The summed E-state index contributed by atoms with van der Waals surface area (Å²) in [6, 6.07) is 13.2. The summed E-state index contributed by atoms with van der Waals surface area (Å²) in [5, 5.41) is 53.2. The Kier molecular flexibility index (Phi) is 10.4. The van der Waals surface area contributed by atoms with Crippen LogP contribution in [0.4, 0.5) is 13.2 Å². The molecule has 2 heterocycles. The molecule has 0 fully saturated rings. The number of carboxylic acid groups (broad SMARTS) is 1. The van der Waals surface area contributed by atoms with Crippen LogP contribution in [0.5, 0.6) is 0 Å². The van der Waals surface area contributed by atoms with Gasteiger partial charge in [0.15, 0.2) is 6.10 Å². The fraction of sp³-hybridized carbons (Fsp3) is 0.387. The Balaban J connectivity index is 1.43. The Hall–Kier alpha value is -4.80. The SMILES string of the molecule is CCc1ccc(-c2ccc(C(=O)NC(C)(C)c3cn(C[C@@H](O)[C@@H](O)[C@H]4OC(C(=O)O)=C[C@H](O)[C@H]4NC(=O)C(F)(F)F)nn3)cc2)cc1. The average molecular weight is 662 g/mol. The lowest BCUT2D eigenvalue weighted by Gasteiger charge is -2.38. The fourth-order valence-corrected chi connectivity index (χ4v) is 4.88. The van der Waals surface area contributed by atoms with E-state index in [1.54, 1.807) is 26.0 Å². The van der Waals surface area contributed by atoms with E-state index in [1.165, 1.54) is 17.1 Å². The van der Waals surface area contributed by atoms with Gasteiger partial charge in [0, 0.05) is 5.56 Å². The Morgan fingerprint density at radius 2 is 1.62 bits per heavy atom. The molecule has 0 saturated heterocycles. The summed E-state index contributed by atoms with van der Waals surface area (Å²) in [6.07, 6.45) is -10.6. The molecule has 4 rings (SSSR count). The number of nitrogens with one attached hydrogen (secondary N) is 2. The normalized spacial score (nSPS) is 19.6. The second kappa shape index (κ2) is 13.9. The third-order valence-corrected chi connectivity index (χ3v) is 7.63. The van der Waals surface area contributed by atoms with Gasteiger partial charge in [-0.25, -0.2) is 9.48 Å². The van der Waals surface area contributed by atoms with Gasteiger partial charge in [0.2, 0.25) is 5.76 Å². The summed E-state index contributed by atoms with van der Waals surface area (Å²) >= 11 is 0. The van der Waals surface area contributed by atoms with Crippen LogP contribution in [0.15, 0.2) is 66.6 Å². The molecule has 252 valence electrons. The van der Waals surface area contributed by atoms with Crippen LogP contribution in [0, 0.1) is 0 Å². The number of carboxylic acids is 1. The molecule has 13 nitrogen and oxygen atoms in total. The molecule has 0 saturated carbocycles. The van der Waals surface area contributed by atoms with E-state index in [0.717, 1.165) is 22.2 Å². The van der Waals surface area contributed by atoms with E-state index < -0.39 is 72.3 Å². The zero-order chi connectivity index (χ0) is 34.7. The highest BCUT2D eigenvalue weighted by molar-refractivity contribution is 5.95. The number of aryl methyl sites for hydroxylation is 1. The summed E-state index contributed by atoms with van der Waals surface area (Å²) < 4.78 is 44.8. The lowest BCUT2D eigenvalue weighted by molar-refractivity contribution is -0.179. The van der Waals surface area contributed by atoms with E-state index in [-0.39, 0.29) is 5.69 Å². The number of halogens is 3. The zero-order valence-electron chi connectivity index (χ0n) is 25.5. The Morgan fingerprint density at radius 3 is 2.17 bits per heavy atom. The second-order valence-corrected chi connectivity index (χ2v) is 11.5. The molecule has 1 aromatic heterocycles. The second-order valence-electron chi connectivity index (χ2n) is 11.5. The molecule has 6 N–H and O–H groups in total. The summed E-state index contributed by atoms with van der Waals surface area (Å²) in [5.74, 6) is -5.51. The molecular weight excluding hydrogens is 627 g/mol. The van der Waals surface area contributed by atoms with Gasteiger partial charge in [0.1, 0.15) is 24.0 Å². The number of rotatable bonds is 11. The van der Waals surface area contributed by atoms with Gasteiger partial charge in [0.25, 0.3) is 5.91 Å². The highest BCUT2D eigenvalue weighted by Crippen LogP contribution is 2.26. The lowest BCUT2D eigenvalue weighted by atomic mass is 9.93. The summed E-state index contributed by atoms with van der Waals surface area (Å²) in [5.41, 5.74) is 2.70. The summed E-state index contributed by atoms with van der Waals surface area (Å²) in [7, 11) is 0. The maximum atomic E-state index is 13.1. The number of hydrogen-bond donors (Lipinski definition) is 6. The quantitative estimate of drug-likeness (QED) is 0.176. The lowest BCUT2D eigenvalue weighted by Crippen LogP contribution is -2.61. The summed E-state index contributed by atoms with van der Waals surface area (Å²) in [4.78, 5) is 36.0. The van der Waals surface area contributed by atoms with Crippen molar-refractivity contribution in [3.05, 3.63) is 83.4 Å². The van der Waals surface area contributed by atoms with Crippen LogP contribution >= 0.6 is 0 Å². The van der Waals surface area contributed by atoms with Crippen LogP contribution in [-0.2, 0) is 32.8 Å². The largest absolute Gasteiger partial charge is 0.478 e. The Labute approximate surface area is 266 Å². The first-order valence-electron chi connectivity index (χ1n) is 14.5. The highest BCUT2D eigenvalue weighted by atomic mass is 19.4. The van der Waals surface area contributed by atoms with Crippen molar-refractivity contribution in [1.82, 2.24) is 25.6 Å². The number of aliphatic hydroxyl groups is 3. The first-order chi connectivity index (χ1) is 22.0. The maximum absolute atomic E-state index is 13.1. The van der Waals surface area contributed by atoms with Gasteiger partial charge in [0.05, 0.1) is 24.3 Å². The number of amides is 2. The number of ether oxygens (including phenoxy) is 1. The van der Waals surface area contributed by atoms with Crippen LogP contribution in [0.3, 0.4) is 0 Å². The van der Waals surface area contributed by atoms with E-state index in [1.807, 2.05) is 36.4 Å². The number of aliphatic hydroxyl groups excluding tert-OH is 3. The number of nitrogens with zero attached hydrogens (tertiary/aromatic N) is 3. The van der Waals surface area contributed by atoms with Crippen LogP contribution in [-0.4, -0.2) is 89.8 Å². The van der Waals surface area contributed by atoms with Crippen molar-refractivity contribution in [2.24, 2.45) is 0 Å². The molecule has 0 radical (unpaired) electrons. The van der Waals surface area contributed by atoms with Crippen molar-refractivity contribution < 1.29 is 52.7 Å². The Bertz CT molecular complexity index is 1620. The molecule has 2 amide bonds. The van der Waals surface area contributed by atoms with Crippen molar-refractivity contribution in [3.63, 3.8) is 0 Å². The van der Waals surface area contributed by atoms with Gasteiger partial charge in [-0.3, -0.25) is 9.59 Å². The number of carbonyl (C=O) groups excluding carboxylic acids is 2. The molecule has 1 aliphatic heterocycles. The smallest absolute Gasteiger partial charge is 0.471 e. The number of aromatic nitrogens is 3. The number of hydrogen-bond acceptors (Lipinski definition) is 9. The van der Waals surface area contributed by atoms with Crippen molar-refractivity contribution in [3.8, 4) is 11.1 Å². The summed E-state index contributed by atoms with van der Waals surface area (Å²) in [6.45, 7) is 4.85. The number of alkyl halides is 3. The van der Waals surface area contributed by atoms with Gasteiger partial charge in [-0.15, -0.1) is 5.10 Å². The minimum Gasteiger partial charge on any atom is -0.478 e. The van der Waals surface area contributed by atoms with E-state index in [0.29, 0.717) is 11.6 Å². The number of carbonyl (C=O) groups is 3. The number of aliphatic carboxylic acids is 1. The molecule has 0 spiro atoms. The molecular formula is C31H34F3N5O8. The van der Waals surface area contributed by atoms with Crippen molar-refractivity contribution in [2.45, 2.75) is 75.9 Å². The minimum atomic E-state index is -5.37. The van der Waals surface area contributed by atoms with Crippen LogP contribution in [0.1, 0.15) is 42.4 Å². The third-order valence-electron chi connectivity index (χ3n) is 7.63. The number of benzene rings is 2. The molecule has 1 aliphatic rings. The fourth-order valence-electron chi connectivity index (χ4n) is 4.88. The highest BCUT2D eigenvalue weighted by Gasteiger charge is 2.47. The first-order valence-corrected chi connectivity index (χ1v) is 14.5. The van der Waals surface area contributed by atoms with E-state index in [2.05, 4.69) is 22.6 Å². The molecule has 2 aromatic carbocycles. The topological polar surface area (TPSA) is 196 Å². The maximum Gasteiger partial charge on any atom is 0.471 e. The minimum absolute atomic E-state index is 0.246. The van der Waals surface area contributed by atoms with E-state index in [4.69, 9.17) is 4.74 Å². The van der Waals surface area contributed by atoms with Crippen molar-refractivity contribution >= 4 is 17.8 Å². The van der Waals surface area contributed by atoms with Gasteiger partial charge in [-0.1, -0.05) is 48.5 Å². The van der Waals surface area contributed by atoms with Gasteiger partial charge in [-0.05, 0) is 55.2 Å². The van der Waals surface area contributed by atoms with E-state index >= 15 is 0 Å². The van der Waals surface area contributed by atoms with Gasteiger partial charge >= 0.3 is 18.1 Å². The molecule has 3 aromatic rings. The molecule has 0 bridgehead atoms. The first kappa shape index (κ1) is 35.1.